The van der Waals surface area contributed by atoms with Crippen LogP contribution in [0.25, 0.3) is 0 Å². The van der Waals surface area contributed by atoms with Crippen LogP contribution in [0, 0.1) is 0 Å². The molecule has 0 radical (unpaired) electrons. The van der Waals surface area contributed by atoms with Crippen LogP contribution in [0.1, 0.15) is 26.5 Å². The molecule has 1 aliphatic rings. The van der Waals surface area contributed by atoms with E-state index in [0.29, 0.717) is 17.0 Å². The summed E-state index contributed by atoms with van der Waals surface area (Å²) in [5.41, 5.74) is 1.27. The molecule has 1 aliphatic heterocycles. The van der Waals surface area contributed by atoms with E-state index in [2.05, 4.69) is 4.98 Å². The van der Waals surface area contributed by atoms with Gasteiger partial charge in [0.2, 0.25) is 5.78 Å². The summed E-state index contributed by atoms with van der Waals surface area (Å²) in [5, 5.41) is 0. The minimum Gasteiger partial charge on any atom is -0.357 e. The van der Waals surface area contributed by atoms with Gasteiger partial charge in [-0.25, -0.2) is 0 Å². The van der Waals surface area contributed by atoms with E-state index >= 15 is 0 Å². The molecule has 0 amide bonds. The van der Waals surface area contributed by atoms with E-state index in [1.165, 1.54) is 4.57 Å². The quantitative estimate of drug-likeness (QED) is 0.570. The van der Waals surface area contributed by atoms with Gasteiger partial charge in [0, 0.05) is 12.4 Å². The second-order valence-corrected chi connectivity index (χ2v) is 3.16. The molecule has 3 rings (SSSR count). The summed E-state index contributed by atoms with van der Waals surface area (Å²) in [4.78, 5) is 26.3. The Morgan fingerprint density at radius 3 is 2.93 bits per heavy atom. The summed E-state index contributed by atoms with van der Waals surface area (Å²) < 4.78 is 1.36. The molecule has 0 aliphatic carbocycles. The number of aromatic nitrogens is 2. The van der Waals surface area contributed by atoms with E-state index in [1.54, 1.807) is 30.6 Å². The van der Waals surface area contributed by atoms with Crippen LogP contribution < -0.4 is 0 Å². The highest BCUT2D eigenvalue weighted by atomic mass is 16.2. The summed E-state index contributed by atoms with van der Waals surface area (Å²) >= 11 is 0. The molecular weight excluding hydrogens is 180 g/mol. The Balaban J connectivity index is 2.37. The Kier molecular flexibility index (Phi) is 1.16. The molecular formula is C10H6N2O2. The predicted molar refractivity (Wildman–Crippen MR) is 48.4 cm³/mol. The second-order valence-electron chi connectivity index (χ2n) is 3.16. The number of carbonyl (C=O) groups is 2. The van der Waals surface area contributed by atoms with Gasteiger partial charge in [-0.15, -0.1) is 0 Å². The third-order valence-electron chi connectivity index (χ3n) is 2.41. The molecule has 4 heteroatoms. The van der Waals surface area contributed by atoms with Crippen molar-refractivity contribution in [1.82, 2.24) is 9.55 Å². The molecule has 0 unspecified atom stereocenters. The lowest BCUT2D eigenvalue weighted by molar-refractivity contribution is 0.0907. The number of H-pyrrole nitrogens is 1. The fraction of sp³-hybridized carbons (Fsp3) is 0. The van der Waals surface area contributed by atoms with Crippen molar-refractivity contribution in [2.45, 2.75) is 0 Å². The van der Waals surface area contributed by atoms with Crippen LogP contribution in [0.15, 0.2) is 30.6 Å². The minimum absolute atomic E-state index is 0.106. The van der Waals surface area contributed by atoms with Gasteiger partial charge in [-0.3, -0.25) is 14.2 Å². The van der Waals surface area contributed by atoms with Gasteiger partial charge in [-0.2, -0.15) is 0 Å². The molecule has 0 fully saturated rings. The highest BCUT2D eigenvalue weighted by Gasteiger charge is 2.29. The Morgan fingerprint density at radius 2 is 2.07 bits per heavy atom. The number of fused-ring (bicyclic) bond motifs is 2. The average Bonchev–Trinajstić information content (AvgIpc) is 2.82. The number of hydrogen-bond donors (Lipinski definition) is 1. The lowest BCUT2D eigenvalue weighted by atomic mass is 10.1. The van der Waals surface area contributed by atoms with E-state index < -0.39 is 0 Å². The monoisotopic (exact) mass is 186 g/mol. The molecule has 1 N–H and O–H groups in total. The molecule has 0 saturated heterocycles. The maximum atomic E-state index is 11.8. The van der Waals surface area contributed by atoms with E-state index in [-0.39, 0.29) is 11.7 Å². The van der Waals surface area contributed by atoms with Crippen molar-refractivity contribution in [1.29, 1.82) is 0 Å². The normalized spacial score (nSPS) is 14.0. The van der Waals surface area contributed by atoms with Crippen molar-refractivity contribution in [3.63, 3.8) is 0 Å². The maximum Gasteiger partial charge on any atom is 0.279 e. The van der Waals surface area contributed by atoms with E-state index in [0.717, 1.165) is 0 Å². The van der Waals surface area contributed by atoms with Gasteiger partial charge in [-0.1, -0.05) is 0 Å². The smallest absolute Gasteiger partial charge is 0.279 e. The molecule has 3 heterocycles. The van der Waals surface area contributed by atoms with Gasteiger partial charge in [0.1, 0.15) is 5.69 Å². The first-order valence-corrected chi connectivity index (χ1v) is 4.23. The summed E-state index contributed by atoms with van der Waals surface area (Å²) in [5.74, 6) is -0.282. The molecule has 68 valence electrons. The van der Waals surface area contributed by atoms with Crippen molar-refractivity contribution in [3.8, 4) is 0 Å². The van der Waals surface area contributed by atoms with E-state index in [4.69, 9.17) is 0 Å². The zero-order valence-electron chi connectivity index (χ0n) is 7.15. The van der Waals surface area contributed by atoms with Crippen LogP contribution in [-0.2, 0) is 0 Å². The molecule has 0 saturated carbocycles. The van der Waals surface area contributed by atoms with Gasteiger partial charge in [0.15, 0.2) is 0 Å². The third-order valence-corrected chi connectivity index (χ3v) is 2.41. The average molecular weight is 186 g/mol. The van der Waals surface area contributed by atoms with Crippen LogP contribution in [0.5, 0.6) is 0 Å². The van der Waals surface area contributed by atoms with Gasteiger partial charge in [-0.05, 0) is 18.2 Å². The lowest BCUT2D eigenvalue weighted by Gasteiger charge is -2.12. The zero-order valence-corrected chi connectivity index (χ0v) is 7.15. The Bertz CT molecular complexity index is 457. The van der Waals surface area contributed by atoms with Gasteiger partial charge in [0.05, 0.1) is 11.3 Å². The molecule has 0 spiro atoms. The highest BCUT2D eigenvalue weighted by Crippen LogP contribution is 2.21. The van der Waals surface area contributed by atoms with Gasteiger partial charge in [0.25, 0.3) is 5.91 Å². The molecule has 4 nitrogen and oxygen atoms in total. The third kappa shape index (κ3) is 0.682. The molecule has 14 heavy (non-hydrogen) atoms. The second kappa shape index (κ2) is 2.23. The largest absolute Gasteiger partial charge is 0.357 e. The van der Waals surface area contributed by atoms with Crippen molar-refractivity contribution in [2.24, 2.45) is 0 Å². The fourth-order valence-corrected chi connectivity index (χ4v) is 1.74. The standard InChI is InChI=1S/C10H6N2O2/c13-9-6-3-4-11-8(6)10(14)12-5-1-2-7(9)12/h1-5,11H. The molecule has 0 bridgehead atoms. The minimum atomic E-state index is -0.176. The fourth-order valence-electron chi connectivity index (χ4n) is 1.74. The molecule has 2 aromatic heterocycles. The van der Waals surface area contributed by atoms with Crippen LogP contribution >= 0.6 is 0 Å². The van der Waals surface area contributed by atoms with Crippen LogP contribution in [0.2, 0.25) is 0 Å². The Labute approximate surface area is 79.2 Å². The number of hydrogen-bond acceptors (Lipinski definition) is 2. The van der Waals surface area contributed by atoms with Crippen LogP contribution in [0.3, 0.4) is 0 Å². The van der Waals surface area contributed by atoms with E-state index in [1.807, 2.05) is 0 Å². The highest BCUT2D eigenvalue weighted by molar-refractivity contribution is 6.19. The van der Waals surface area contributed by atoms with Gasteiger partial charge < -0.3 is 4.98 Å². The van der Waals surface area contributed by atoms with E-state index in [9.17, 15) is 9.59 Å². The van der Waals surface area contributed by atoms with Crippen molar-refractivity contribution in [3.05, 3.63) is 47.5 Å². The first-order valence-electron chi connectivity index (χ1n) is 4.23. The number of nitrogens with one attached hydrogen (secondary N) is 1. The lowest BCUT2D eigenvalue weighted by Crippen LogP contribution is -2.25. The summed E-state index contributed by atoms with van der Waals surface area (Å²) in [6.07, 6.45) is 3.20. The SMILES string of the molecule is O=C1c2cc[nH]c2C(=O)n2cccc21. The topological polar surface area (TPSA) is 54.9 Å². The van der Waals surface area contributed by atoms with Crippen LogP contribution in [0.4, 0.5) is 0 Å². The Morgan fingerprint density at radius 1 is 1.21 bits per heavy atom. The summed E-state index contributed by atoms with van der Waals surface area (Å²) in [6, 6.07) is 4.97. The molecule has 2 aromatic rings. The van der Waals surface area contributed by atoms with Crippen molar-refractivity contribution >= 4 is 11.7 Å². The van der Waals surface area contributed by atoms with Gasteiger partial charge >= 0.3 is 0 Å². The first kappa shape index (κ1) is 7.32. The van der Waals surface area contributed by atoms with Crippen molar-refractivity contribution in [2.75, 3.05) is 0 Å². The Hall–Kier alpha value is -2.10. The van der Waals surface area contributed by atoms with Crippen molar-refractivity contribution < 1.29 is 9.59 Å². The maximum absolute atomic E-state index is 11.8. The van der Waals surface area contributed by atoms with Crippen LogP contribution in [-0.4, -0.2) is 21.2 Å². The first-order chi connectivity index (χ1) is 6.79. The molecule has 0 aromatic carbocycles. The summed E-state index contributed by atoms with van der Waals surface area (Å²) in [7, 11) is 0. The summed E-state index contributed by atoms with van der Waals surface area (Å²) in [6.45, 7) is 0. The number of nitrogens with zero attached hydrogens (tertiary/aromatic N) is 1. The zero-order chi connectivity index (χ0) is 9.71. The predicted octanol–water partition coefficient (Wildman–Crippen LogP) is 1.05. The molecule has 0 atom stereocenters. The number of aromatic amines is 1. The number of carbonyl (C=O) groups excluding carboxylic acids is 2. The number of ketones is 1. The number of rotatable bonds is 0.